The van der Waals surface area contributed by atoms with E-state index >= 15 is 0 Å². The molecule has 5 nitrogen and oxygen atoms in total. The number of amides is 1. The number of halogens is 4. The molecule has 0 aliphatic heterocycles. The van der Waals surface area contributed by atoms with Crippen molar-refractivity contribution < 1.29 is 22.7 Å². The molecule has 9 heteroatoms. The van der Waals surface area contributed by atoms with Crippen LogP contribution in [0.4, 0.5) is 24.7 Å². The van der Waals surface area contributed by atoms with Gasteiger partial charge in [-0.05, 0) is 70.4 Å². The molecule has 3 rings (SSSR count). The van der Waals surface area contributed by atoms with E-state index < -0.39 is 6.36 Å². The van der Waals surface area contributed by atoms with Crippen LogP contribution in [0.15, 0.2) is 34.9 Å². The Bertz CT molecular complexity index is 915. The summed E-state index contributed by atoms with van der Waals surface area (Å²) in [6, 6.07) is 5.68. The predicted octanol–water partition coefficient (Wildman–Crippen LogP) is 6.14. The third-order valence-electron chi connectivity index (χ3n) is 5.02. The molecule has 0 bridgehead atoms. The molecule has 2 N–H and O–H groups in total. The Morgan fingerprint density at radius 3 is 2.60 bits per heavy atom. The maximum Gasteiger partial charge on any atom is 0.573 e. The molecule has 0 unspecified atom stereocenters. The van der Waals surface area contributed by atoms with E-state index in [0.717, 1.165) is 18.4 Å². The van der Waals surface area contributed by atoms with Gasteiger partial charge in [0.25, 0.3) is 5.91 Å². The number of aromatic nitrogens is 1. The van der Waals surface area contributed by atoms with Gasteiger partial charge in [0, 0.05) is 17.2 Å². The number of benzene rings is 1. The molecule has 0 atom stereocenters. The van der Waals surface area contributed by atoms with Crippen molar-refractivity contribution in [3.05, 3.63) is 46.1 Å². The van der Waals surface area contributed by atoms with Crippen molar-refractivity contribution in [3.63, 3.8) is 0 Å². The molecule has 1 amide bonds. The monoisotopic (exact) mass is 485 g/mol. The Hall–Kier alpha value is -2.29. The van der Waals surface area contributed by atoms with Gasteiger partial charge in [0.2, 0.25) is 0 Å². The van der Waals surface area contributed by atoms with Crippen molar-refractivity contribution in [3.8, 4) is 5.75 Å². The molecule has 0 spiro atoms. The summed E-state index contributed by atoms with van der Waals surface area (Å²) in [5.41, 5.74) is 1.89. The fraction of sp³-hybridized carbons (Fsp3) is 0.429. The molecule has 0 saturated heterocycles. The summed E-state index contributed by atoms with van der Waals surface area (Å²) in [5, 5.41) is 6.05. The van der Waals surface area contributed by atoms with Crippen molar-refractivity contribution in [2.75, 3.05) is 11.9 Å². The van der Waals surface area contributed by atoms with Gasteiger partial charge in [-0.15, -0.1) is 13.2 Å². The maximum atomic E-state index is 12.6. The summed E-state index contributed by atoms with van der Waals surface area (Å²) in [5.74, 6) is 0.671. The summed E-state index contributed by atoms with van der Waals surface area (Å²) < 4.78 is 41.4. The average Bonchev–Trinajstić information content (AvgIpc) is 2.61. The Labute approximate surface area is 181 Å². The minimum Gasteiger partial charge on any atom is -0.406 e. The number of alkyl halides is 3. The smallest absolute Gasteiger partial charge is 0.406 e. The van der Waals surface area contributed by atoms with Crippen molar-refractivity contribution in [1.29, 1.82) is 0 Å². The third-order valence-corrected chi connectivity index (χ3v) is 5.67. The fourth-order valence-electron chi connectivity index (χ4n) is 3.17. The fourth-order valence-corrected chi connectivity index (χ4v) is 3.63. The van der Waals surface area contributed by atoms with E-state index in [-0.39, 0.29) is 17.6 Å². The lowest BCUT2D eigenvalue weighted by atomic mass is 9.85. The number of hydrogen-bond donors (Lipinski definition) is 2. The summed E-state index contributed by atoms with van der Waals surface area (Å²) in [6.45, 7) is 4.65. The molecule has 1 saturated carbocycles. The first-order valence-corrected chi connectivity index (χ1v) is 10.5. The van der Waals surface area contributed by atoms with Gasteiger partial charge in [0.05, 0.1) is 11.3 Å². The van der Waals surface area contributed by atoms with E-state index in [9.17, 15) is 18.0 Å². The van der Waals surface area contributed by atoms with Gasteiger partial charge in [-0.3, -0.25) is 4.79 Å². The predicted molar refractivity (Wildman–Crippen MR) is 112 cm³/mol. The number of nitrogens with zero attached hydrogens (tertiary/aromatic N) is 1. The second kappa shape index (κ2) is 9.24. The first-order chi connectivity index (χ1) is 14.1. The minimum atomic E-state index is -4.75. The van der Waals surface area contributed by atoms with Gasteiger partial charge in [-0.25, -0.2) is 4.98 Å². The van der Waals surface area contributed by atoms with E-state index in [1.165, 1.54) is 30.8 Å². The lowest BCUT2D eigenvalue weighted by Gasteiger charge is -2.25. The molecule has 2 aromatic rings. The molecule has 162 valence electrons. The van der Waals surface area contributed by atoms with Crippen LogP contribution < -0.4 is 15.4 Å². The standard InChI is InChI=1S/C21H23BrF3N3O2/c1-12(2)15-9-19(26-11-16(15)20(29)27-10-13-4-3-5-13)28-18-7-6-14(8-17(18)22)30-21(23,24)25/h6-9,11-13H,3-5,10H2,1-2H3,(H,26,28)(H,27,29). The van der Waals surface area contributed by atoms with Crippen molar-refractivity contribution in [2.45, 2.75) is 45.4 Å². The van der Waals surface area contributed by atoms with Crippen LogP contribution in [0, 0.1) is 5.92 Å². The lowest BCUT2D eigenvalue weighted by Crippen LogP contribution is -2.32. The number of nitrogens with one attached hydrogen (secondary N) is 2. The molecular weight excluding hydrogens is 463 g/mol. The number of pyridine rings is 1. The van der Waals surface area contributed by atoms with Crippen LogP contribution in [0.25, 0.3) is 0 Å². The van der Waals surface area contributed by atoms with E-state index in [2.05, 4.69) is 36.3 Å². The molecular formula is C21H23BrF3N3O2. The van der Waals surface area contributed by atoms with Crippen molar-refractivity contribution in [1.82, 2.24) is 10.3 Å². The molecule has 0 radical (unpaired) electrons. The van der Waals surface area contributed by atoms with E-state index in [1.807, 2.05) is 13.8 Å². The number of carbonyl (C=O) groups is 1. The number of hydrogen-bond acceptors (Lipinski definition) is 4. The number of anilines is 2. The Morgan fingerprint density at radius 1 is 1.30 bits per heavy atom. The highest BCUT2D eigenvalue weighted by molar-refractivity contribution is 9.10. The summed E-state index contributed by atoms with van der Waals surface area (Å²) in [7, 11) is 0. The average molecular weight is 486 g/mol. The Kier molecular flexibility index (Phi) is 6.90. The summed E-state index contributed by atoms with van der Waals surface area (Å²) in [6.07, 6.45) is 0.304. The number of carbonyl (C=O) groups excluding carboxylic acids is 1. The number of ether oxygens (including phenoxy) is 1. The van der Waals surface area contributed by atoms with Gasteiger partial charge < -0.3 is 15.4 Å². The van der Waals surface area contributed by atoms with E-state index in [1.54, 1.807) is 6.07 Å². The maximum absolute atomic E-state index is 12.6. The minimum absolute atomic E-state index is 0.0870. The van der Waals surface area contributed by atoms with Gasteiger partial charge in [-0.2, -0.15) is 0 Å². The van der Waals surface area contributed by atoms with Crippen molar-refractivity contribution in [2.24, 2.45) is 5.92 Å². The van der Waals surface area contributed by atoms with Crippen LogP contribution in [-0.4, -0.2) is 23.8 Å². The normalized spacial score (nSPS) is 14.4. The molecule has 1 aliphatic rings. The molecule has 30 heavy (non-hydrogen) atoms. The number of rotatable bonds is 7. The zero-order valence-electron chi connectivity index (χ0n) is 16.6. The van der Waals surface area contributed by atoms with Crippen LogP contribution in [-0.2, 0) is 0 Å². The van der Waals surface area contributed by atoms with Gasteiger partial charge in [-0.1, -0.05) is 20.3 Å². The largest absolute Gasteiger partial charge is 0.573 e. The van der Waals surface area contributed by atoms with Crippen LogP contribution in [0.2, 0.25) is 0 Å². The van der Waals surface area contributed by atoms with Crippen LogP contribution in [0.5, 0.6) is 5.75 Å². The summed E-state index contributed by atoms with van der Waals surface area (Å²) >= 11 is 3.24. The molecule has 1 heterocycles. The quantitative estimate of drug-likeness (QED) is 0.494. The highest BCUT2D eigenvalue weighted by atomic mass is 79.9. The van der Waals surface area contributed by atoms with Gasteiger partial charge in [0.1, 0.15) is 11.6 Å². The van der Waals surface area contributed by atoms with E-state index in [4.69, 9.17) is 0 Å². The zero-order valence-corrected chi connectivity index (χ0v) is 18.2. The van der Waals surface area contributed by atoms with Crippen molar-refractivity contribution >= 4 is 33.3 Å². The first-order valence-electron chi connectivity index (χ1n) is 9.73. The topological polar surface area (TPSA) is 63.2 Å². The highest BCUT2D eigenvalue weighted by Crippen LogP contribution is 2.33. The lowest BCUT2D eigenvalue weighted by molar-refractivity contribution is -0.274. The second-order valence-electron chi connectivity index (χ2n) is 7.63. The summed E-state index contributed by atoms with van der Waals surface area (Å²) in [4.78, 5) is 16.9. The van der Waals surface area contributed by atoms with Gasteiger partial charge in [0.15, 0.2) is 0 Å². The zero-order chi connectivity index (χ0) is 21.9. The molecule has 1 aromatic carbocycles. The van der Waals surface area contributed by atoms with Gasteiger partial charge >= 0.3 is 6.36 Å². The Morgan fingerprint density at radius 2 is 2.03 bits per heavy atom. The SMILES string of the molecule is CC(C)c1cc(Nc2ccc(OC(F)(F)F)cc2Br)ncc1C(=O)NCC1CCC1. The second-order valence-corrected chi connectivity index (χ2v) is 8.49. The highest BCUT2D eigenvalue weighted by Gasteiger charge is 2.31. The van der Waals surface area contributed by atoms with Crippen LogP contribution >= 0.6 is 15.9 Å². The Balaban J connectivity index is 1.75. The first kappa shape index (κ1) is 22.4. The molecule has 1 aromatic heterocycles. The third kappa shape index (κ3) is 5.87. The van der Waals surface area contributed by atoms with Crippen LogP contribution in [0.1, 0.15) is 54.9 Å². The van der Waals surface area contributed by atoms with Crippen LogP contribution in [0.3, 0.4) is 0 Å². The molecule has 1 aliphatic carbocycles. The molecule has 1 fully saturated rings. The van der Waals surface area contributed by atoms with E-state index in [0.29, 0.717) is 34.0 Å².